The zero-order valence-corrected chi connectivity index (χ0v) is 31.6. The first-order valence-electron chi connectivity index (χ1n) is 20.3. The Hall–Kier alpha value is -0.610. The monoisotopic (exact) mass is 693 g/mol. The number of hydrogen-bond donors (Lipinski definition) is 1. The average Bonchev–Trinajstić information content (AvgIpc) is 3.43. The molecule has 6 rings (SSSR count). The van der Waals surface area contributed by atoms with Crippen LogP contribution in [0.25, 0.3) is 0 Å². The quantitative estimate of drug-likeness (QED) is 0.144. The summed E-state index contributed by atoms with van der Waals surface area (Å²) >= 11 is 0. The van der Waals surface area contributed by atoms with Crippen molar-refractivity contribution in [3.63, 3.8) is 0 Å². The van der Waals surface area contributed by atoms with Crippen LogP contribution in [0.5, 0.6) is 0 Å². The highest BCUT2D eigenvalue weighted by Crippen LogP contribution is 2.68. The van der Waals surface area contributed by atoms with Gasteiger partial charge in [0, 0.05) is 38.3 Å². The number of halogens is 1. The van der Waals surface area contributed by atoms with Gasteiger partial charge in [0.25, 0.3) is 0 Å². The van der Waals surface area contributed by atoms with Crippen LogP contribution < -0.4 is 0 Å². The molecule has 3 saturated carbocycles. The van der Waals surface area contributed by atoms with Crippen molar-refractivity contribution in [3.05, 3.63) is 11.6 Å². The molecule has 0 radical (unpaired) electrons. The minimum atomic E-state index is -1.12. The summed E-state index contributed by atoms with van der Waals surface area (Å²) in [5, 5.41) is 10.8. The van der Waals surface area contributed by atoms with E-state index in [1.165, 1.54) is 24.8 Å². The van der Waals surface area contributed by atoms with Crippen molar-refractivity contribution in [2.24, 2.45) is 40.4 Å². The fourth-order valence-electron chi connectivity index (χ4n) is 11.7. The third kappa shape index (κ3) is 8.01. The van der Waals surface area contributed by atoms with Gasteiger partial charge in [0.15, 0.2) is 18.9 Å². The van der Waals surface area contributed by atoms with Crippen LogP contribution in [-0.4, -0.2) is 74.4 Å². The molecule has 4 aliphatic carbocycles. The van der Waals surface area contributed by atoms with Crippen LogP contribution >= 0.6 is 0 Å². The van der Waals surface area contributed by atoms with Gasteiger partial charge in [0.05, 0.1) is 17.8 Å². The Morgan fingerprint density at radius 3 is 2.33 bits per heavy atom. The van der Waals surface area contributed by atoms with E-state index in [1.807, 2.05) is 27.7 Å². The molecule has 2 heterocycles. The molecule has 49 heavy (non-hydrogen) atoms. The van der Waals surface area contributed by atoms with Gasteiger partial charge in [-0.3, -0.25) is 0 Å². The van der Waals surface area contributed by atoms with E-state index in [4.69, 9.17) is 28.4 Å². The normalized spacial score (nSPS) is 41.6. The molecule has 282 valence electrons. The van der Waals surface area contributed by atoms with Crippen LogP contribution in [0.15, 0.2) is 11.6 Å². The van der Waals surface area contributed by atoms with E-state index in [2.05, 4.69) is 19.9 Å². The van der Waals surface area contributed by atoms with Gasteiger partial charge in [-0.05, 0) is 153 Å². The molecular formula is C41H69FO7. The van der Waals surface area contributed by atoms with Gasteiger partial charge in [-0.1, -0.05) is 25.5 Å². The fraction of sp³-hybridized carbons (Fsp3) is 0.951. The van der Waals surface area contributed by atoms with E-state index < -0.39 is 18.1 Å². The van der Waals surface area contributed by atoms with Gasteiger partial charge in [0.2, 0.25) is 0 Å². The summed E-state index contributed by atoms with van der Waals surface area (Å²) in [5.74, 6) is 2.25. The summed E-state index contributed by atoms with van der Waals surface area (Å²) in [6.07, 6.45) is 16.2. The Labute approximate surface area is 296 Å². The highest BCUT2D eigenvalue weighted by molar-refractivity contribution is 5.28. The Morgan fingerprint density at radius 2 is 1.67 bits per heavy atom. The largest absolute Gasteiger partial charge is 0.396 e. The smallest absolute Gasteiger partial charge is 0.157 e. The standard InChI is InChI=1S/C41H69FO7/c1-7-44-27(2)49-39(3,4)35(42)19-14-28(26-43)32-17-18-33-31-16-15-29-24-30(47-37-12-8-10-22-45-37)25-36(48-38-13-9-11-23-46-38)41(29,6)34(31)20-21-40(32,33)5/h15,27-28,30-38,43H,7-14,16-26H2,1-6H3/t27?,28-,30+,31-,32+,33-,34-,35-,36-,37?,38?,40+,41-/m0/s1. The number of hydrogen-bond acceptors (Lipinski definition) is 7. The zero-order valence-electron chi connectivity index (χ0n) is 31.6. The topological polar surface area (TPSA) is 75.6 Å². The molecule has 2 aliphatic heterocycles. The predicted octanol–water partition coefficient (Wildman–Crippen LogP) is 8.90. The van der Waals surface area contributed by atoms with E-state index in [0.29, 0.717) is 43.1 Å². The molecule has 8 heteroatoms. The predicted molar refractivity (Wildman–Crippen MR) is 188 cm³/mol. The molecule has 5 fully saturated rings. The van der Waals surface area contributed by atoms with Crippen LogP contribution in [0.4, 0.5) is 4.39 Å². The molecule has 0 aromatic rings. The second-order valence-corrected chi connectivity index (χ2v) is 17.5. The maximum atomic E-state index is 15.7. The number of aliphatic hydroxyl groups is 1. The molecule has 0 bridgehead atoms. The third-order valence-electron chi connectivity index (χ3n) is 14.4. The second kappa shape index (κ2) is 16.2. The number of fused-ring (bicyclic) bond motifs is 5. The zero-order chi connectivity index (χ0) is 34.8. The first-order valence-corrected chi connectivity index (χ1v) is 20.3. The molecule has 1 N–H and O–H groups in total. The first-order chi connectivity index (χ1) is 23.5. The van der Waals surface area contributed by atoms with Gasteiger partial charge in [0.1, 0.15) is 6.17 Å². The molecule has 3 unspecified atom stereocenters. The van der Waals surface area contributed by atoms with Crippen LogP contribution in [0, 0.1) is 40.4 Å². The van der Waals surface area contributed by atoms with E-state index in [9.17, 15) is 5.11 Å². The number of allylic oxidation sites excluding steroid dienone is 1. The summed E-state index contributed by atoms with van der Waals surface area (Å²) in [7, 11) is 0. The molecule has 0 aromatic heterocycles. The van der Waals surface area contributed by atoms with Crippen LogP contribution in [-0.2, 0) is 28.4 Å². The average molecular weight is 693 g/mol. The van der Waals surface area contributed by atoms with Crippen molar-refractivity contribution in [1.82, 2.24) is 0 Å². The highest BCUT2D eigenvalue weighted by Gasteiger charge is 2.62. The summed E-state index contributed by atoms with van der Waals surface area (Å²) in [6.45, 7) is 14.7. The molecule has 7 nitrogen and oxygen atoms in total. The van der Waals surface area contributed by atoms with Crippen molar-refractivity contribution in [1.29, 1.82) is 0 Å². The van der Waals surface area contributed by atoms with Gasteiger partial charge < -0.3 is 33.5 Å². The van der Waals surface area contributed by atoms with Crippen LogP contribution in [0.1, 0.15) is 138 Å². The second-order valence-electron chi connectivity index (χ2n) is 17.5. The lowest BCUT2D eigenvalue weighted by Crippen LogP contribution is -2.57. The van der Waals surface area contributed by atoms with Gasteiger partial charge in [-0.25, -0.2) is 4.39 Å². The fourth-order valence-corrected chi connectivity index (χ4v) is 11.7. The van der Waals surface area contributed by atoms with Gasteiger partial charge in [-0.2, -0.15) is 0 Å². The summed E-state index contributed by atoms with van der Waals surface area (Å²) in [5.41, 5.74) is 0.702. The minimum Gasteiger partial charge on any atom is -0.396 e. The summed E-state index contributed by atoms with van der Waals surface area (Å²) in [6, 6.07) is 0. The van der Waals surface area contributed by atoms with Crippen LogP contribution in [0.3, 0.4) is 0 Å². The molecule has 13 atom stereocenters. The Morgan fingerprint density at radius 1 is 0.959 bits per heavy atom. The Bertz CT molecular complexity index is 1090. The van der Waals surface area contributed by atoms with Crippen molar-refractivity contribution in [3.8, 4) is 0 Å². The maximum Gasteiger partial charge on any atom is 0.157 e. The minimum absolute atomic E-state index is 0.0432. The van der Waals surface area contributed by atoms with E-state index in [-0.39, 0.29) is 48.1 Å². The summed E-state index contributed by atoms with van der Waals surface area (Å²) < 4.78 is 53.1. The van der Waals surface area contributed by atoms with Crippen LogP contribution in [0.2, 0.25) is 0 Å². The Balaban J connectivity index is 1.16. The molecular weight excluding hydrogens is 623 g/mol. The van der Waals surface area contributed by atoms with Crippen molar-refractivity contribution in [2.75, 3.05) is 26.4 Å². The molecule has 2 saturated heterocycles. The van der Waals surface area contributed by atoms with Gasteiger partial charge in [-0.15, -0.1) is 0 Å². The molecule has 0 aromatic carbocycles. The third-order valence-corrected chi connectivity index (χ3v) is 14.4. The number of ether oxygens (including phenoxy) is 6. The molecule has 6 aliphatic rings. The first kappa shape index (κ1) is 38.1. The molecule has 0 spiro atoms. The number of aliphatic hydroxyl groups excluding tert-OH is 1. The van der Waals surface area contributed by atoms with E-state index >= 15 is 4.39 Å². The lowest BCUT2D eigenvalue weighted by atomic mass is 9.46. The van der Waals surface area contributed by atoms with E-state index in [1.54, 1.807) is 0 Å². The number of rotatable bonds is 14. The van der Waals surface area contributed by atoms with E-state index in [0.717, 1.165) is 77.4 Å². The van der Waals surface area contributed by atoms with Crippen molar-refractivity contribution >= 4 is 0 Å². The molecule has 0 amide bonds. The van der Waals surface area contributed by atoms with Gasteiger partial charge >= 0.3 is 0 Å². The Kier molecular flexibility index (Phi) is 12.6. The maximum absolute atomic E-state index is 15.7. The number of alkyl halides is 1. The SMILES string of the molecule is CCOC(C)OC(C)(C)[C@@H](F)CC[C@@H](CO)[C@H]1CC[C@H]2[C@@H]3CC=C4C[C@@H](OC5CCCCO5)C[C@H](OC5CCCCO5)[C@]4(C)[C@H]3CC[C@]12C. The lowest BCUT2D eigenvalue weighted by Gasteiger charge is -2.60. The lowest BCUT2D eigenvalue weighted by molar-refractivity contribution is -0.248. The van der Waals surface area contributed by atoms with Crippen molar-refractivity contribution in [2.45, 2.75) is 181 Å². The highest BCUT2D eigenvalue weighted by atomic mass is 19.1. The summed E-state index contributed by atoms with van der Waals surface area (Å²) in [4.78, 5) is 0. The van der Waals surface area contributed by atoms with Crippen molar-refractivity contribution < 1.29 is 37.9 Å².